The van der Waals surface area contributed by atoms with Crippen LogP contribution in [0.4, 0.5) is 0 Å². The first-order valence-corrected chi connectivity index (χ1v) is 8.90. The SMILES string of the molecule is CCN(CC)C(=O)C1(c2ccccc2)CC1CNCc1ccc[nH]1. The van der Waals surface area contributed by atoms with E-state index in [9.17, 15) is 4.79 Å². The summed E-state index contributed by atoms with van der Waals surface area (Å²) in [4.78, 5) is 18.4. The summed E-state index contributed by atoms with van der Waals surface area (Å²) in [6, 6.07) is 14.4. The smallest absolute Gasteiger partial charge is 0.233 e. The normalized spacial score (nSPS) is 22.3. The Bertz CT molecular complexity index is 649. The summed E-state index contributed by atoms with van der Waals surface area (Å²) >= 11 is 0. The third-order valence-corrected chi connectivity index (χ3v) is 5.19. The maximum atomic E-state index is 13.2. The molecule has 3 rings (SSSR count). The number of carbonyl (C=O) groups excluding carboxylic acids is 1. The van der Waals surface area contributed by atoms with Gasteiger partial charge in [-0.25, -0.2) is 0 Å². The summed E-state index contributed by atoms with van der Waals surface area (Å²) in [5, 5.41) is 3.50. The fraction of sp³-hybridized carbons (Fsp3) is 0.450. The predicted molar refractivity (Wildman–Crippen MR) is 96.7 cm³/mol. The molecule has 2 N–H and O–H groups in total. The molecule has 1 heterocycles. The number of nitrogens with one attached hydrogen (secondary N) is 2. The lowest BCUT2D eigenvalue weighted by Gasteiger charge is -2.26. The minimum Gasteiger partial charge on any atom is -0.364 e. The minimum atomic E-state index is -0.337. The van der Waals surface area contributed by atoms with Gasteiger partial charge in [-0.3, -0.25) is 4.79 Å². The Kier molecular flexibility index (Phi) is 5.05. The molecular weight excluding hydrogens is 298 g/mol. The Balaban J connectivity index is 1.72. The van der Waals surface area contributed by atoms with Crippen molar-refractivity contribution in [2.24, 2.45) is 5.92 Å². The van der Waals surface area contributed by atoms with Crippen molar-refractivity contribution < 1.29 is 4.79 Å². The van der Waals surface area contributed by atoms with E-state index < -0.39 is 0 Å². The van der Waals surface area contributed by atoms with E-state index in [-0.39, 0.29) is 11.3 Å². The second-order valence-corrected chi connectivity index (χ2v) is 6.54. The average Bonchev–Trinajstić information content (AvgIpc) is 3.11. The third kappa shape index (κ3) is 3.11. The van der Waals surface area contributed by atoms with Crippen LogP contribution in [0.5, 0.6) is 0 Å². The van der Waals surface area contributed by atoms with Crippen molar-refractivity contribution in [1.29, 1.82) is 0 Å². The molecule has 0 radical (unpaired) electrons. The topological polar surface area (TPSA) is 48.1 Å². The summed E-state index contributed by atoms with van der Waals surface area (Å²) in [6.07, 6.45) is 2.87. The average molecular weight is 325 g/mol. The molecule has 0 saturated heterocycles. The molecule has 0 spiro atoms. The van der Waals surface area contributed by atoms with E-state index in [1.165, 1.54) is 5.69 Å². The molecular formula is C20H27N3O. The molecule has 1 aromatic carbocycles. The van der Waals surface area contributed by atoms with Crippen molar-refractivity contribution in [3.05, 3.63) is 59.9 Å². The highest BCUT2D eigenvalue weighted by Crippen LogP contribution is 2.55. The summed E-state index contributed by atoms with van der Waals surface area (Å²) in [7, 11) is 0. The van der Waals surface area contributed by atoms with Crippen LogP contribution in [0.1, 0.15) is 31.5 Å². The fourth-order valence-electron chi connectivity index (χ4n) is 3.70. The van der Waals surface area contributed by atoms with E-state index in [0.717, 1.165) is 38.2 Å². The van der Waals surface area contributed by atoms with Gasteiger partial charge >= 0.3 is 0 Å². The number of aromatic nitrogens is 1. The first-order valence-electron chi connectivity index (χ1n) is 8.90. The first kappa shape index (κ1) is 16.8. The van der Waals surface area contributed by atoms with Gasteiger partial charge < -0.3 is 15.2 Å². The van der Waals surface area contributed by atoms with Crippen molar-refractivity contribution in [3.63, 3.8) is 0 Å². The molecule has 1 fully saturated rings. The van der Waals surface area contributed by atoms with Gasteiger partial charge in [0.15, 0.2) is 0 Å². The maximum absolute atomic E-state index is 13.2. The van der Waals surface area contributed by atoms with Crippen LogP contribution in [-0.4, -0.2) is 35.4 Å². The molecule has 24 heavy (non-hydrogen) atoms. The van der Waals surface area contributed by atoms with Gasteiger partial charge in [0.1, 0.15) is 0 Å². The van der Waals surface area contributed by atoms with Gasteiger partial charge in [0.25, 0.3) is 0 Å². The number of aromatic amines is 1. The molecule has 0 bridgehead atoms. The zero-order valence-corrected chi connectivity index (χ0v) is 14.6. The highest BCUT2D eigenvalue weighted by molar-refractivity contribution is 5.92. The second-order valence-electron chi connectivity index (χ2n) is 6.54. The van der Waals surface area contributed by atoms with Crippen LogP contribution in [0.25, 0.3) is 0 Å². The van der Waals surface area contributed by atoms with Crippen LogP contribution < -0.4 is 5.32 Å². The number of H-pyrrole nitrogens is 1. The predicted octanol–water partition coefficient (Wildman–Crippen LogP) is 2.93. The number of nitrogens with zero attached hydrogens (tertiary/aromatic N) is 1. The van der Waals surface area contributed by atoms with Gasteiger partial charge in [-0.2, -0.15) is 0 Å². The molecule has 2 unspecified atom stereocenters. The Hall–Kier alpha value is -2.07. The van der Waals surface area contributed by atoms with Crippen molar-refractivity contribution in [2.75, 3.05) is 19.6 Å². The highest BCUT2D eigenvalue weighted by atomic mass is 16.2. The Labute approximate surface area is 144 Å². The molecule has 4 heteroatoms. The van der Waals surface area contributed by atoms with Crippen LogP contribution >= 0.6 is 0 Å². The molecule has 1 amide bonds. The van der Waals surface area contributed by atoms with Crippen LogP contribution in [0.3, 0.4) is 0 Å². The van der Waals surface area contributed by atoms with E-state index in [0.29, 0.717) is 5.92 Å². The van der Waals surface area contributed by atoms with Crippen LogP contribution in [0.2, 0.25) is 0 Å². The molecule has 4 nitrogen and oxygen atoms in total. The Morgan fingerprint density at radius 1 is 1.21 bits per heavy atom. The largest absolute Gasteiger partial charge is 0.364 e. The van der Waals surface area contributed by atoms with Gasteiger partial charge in [-0.15, -0.1) is 0 Å². The lowest BCUT2D eigenvalue weighted by atomic mass is 9.91. The highest BCUT2D eigenvalue weighted by Gasteiger charge is 2.61. The monoisotopic (exact) mass is 325 g/mol. The fourth-order valence-corrected chi connectivity index (χ4v) is 3.70. The number of carbonyl (C=O) groups is 1. The molecule has 0 aliphatic heterocycles. The zero-order valence-electron chi connectivity index (χ0n) is 14.6. The lowest BCUT2D eigenvalue weighted by molar-refractivity contribution is -0.134. The number of amides is 1. The standard InChI is InChI=1S/C20H27N3O/c1-3-23(4-2)19(24)20(16-9-6-5-7-10-16)13-17(20)14-21-15-18-11-8-12-22-18/h5-12,17,21-22H,3-4,13-15H2,1-2H3. The van der Waals surface area contributed by atoms with Gasteiger partial charge in [0.2, 0.25) is 5.91 Å². The zero-order chi connectivity index (χ0) is 17.0. The van der Waals surface area contributed by atoms with Crippen LogP contribution in [0, 0.1) is 5.92 Å². The summed E-state index contributed by atoms with van der Waals surface area (Å²) < 4.78 is 0. The molecule has 2 aromatic rings. The van der Waals surface area contributed by atoms with Gasteiger partial charge in [0.05, 0.1) is 5.41 Å². The molecule has 128 valence electrons. The Morgan fingerprint density at radius 3 is 2.58 bits per heavy atom. The second kappa shape index (κ2) is 7.22. The van der Waals surface area contributed by atoms with Crippen molar-refractivity contribution in [2.45, 2.75) is 32.2 Å². The number of likely N-dealkylation sites (N-methyl/N-ethyl adjacent to an activating group) is 1. The minimum absolute atomic E-state index is 0.283. The first-order chi connectivity index (χ1) is 11.7. The number of hydrogen-bond acceptors (Lipinski definition) is 2. The van der Waals surface area contributed by atoms with Crippen molar-refractivity contribution in [1.82, 2.24) is 15.2 Å². The van der Waals surface area contributed by atoms with Gasteiger partial charge in [-0.05, 0) is 50.4 Å². The quantitative estimate of drug-likeness (QED) is 0.784. The van der Waals surface area contributed by atoms with Gasteiger partial charge in [0, 0.05) is 31.5 Å². The van der Waals surface area contributed by atoms with Gasteiger partial charge in [-0.1, -0.05) is 30.3 Å². The summed E-state index contributed by atoms with van der Waals surface area (Å²) in [5.74, 6) is 0.647. The number of benzene rings is 1. The number of hydrogen-bond donors (Lipinski definition) is 2. The van der Waals surface area contributed by atoms with Crippen LogP contribution in [-0.2, 0) is 16.8 Å². The lowest BCUT2D eigenvalue weighted by Crippen LogP contribution is -2.41. The van der Waals surface area contributed by atoms with E-state index in [1.54, 1.807) is 0 Å². The van der Waals surface area contributed by atoms with Crippen molar-refractivity contribution in [3.8, 4) is 0 Å². The third-order valence-electron chi connectivity index (χ3n) is 5.19. The van der Waals surface area contributed by atoms with E-state index >= 15 is 0 Å². The number of rotatable bonds is 8. The molecule has 1 saturated carbocycles. The molecule has 1 aromatic heterocycles. The van der Waals surface area contributed by atoms with E-state index in [2.05, 4.69) is 42.3 Å². The maximum Gasteiger partial charge on any atom is 0.233 e. The van der Waals surface area contributed by atoms with E-state index in [1.807, 2.05) is 35.4 Å². The van der Waals surface area contributed by atoms with E-state index in [4.69, 9.17) is 0 Å². The molecule has 1 aliphatic rings. The molecule has 2 atom stereocenters. The summed E-state index contributed by atoms with van der Waals surface area (Å²) in [5.41, 5.74) is 2.00. The Morgan fingerprint density at radius 2 is 1.96 bits per heavy atom. The van der Waals surface area contributed by atoms with Crippen LogP contribution in [0.15, 0.2) is 48.7 Å². The van der Waals surface area contributed by atoms with Crippen molar-refractivity contribution >= 4 is 5.91 Å². The molecule has 1 aliphatic carbocycles. The summed E-state index contributed by atoms with van der Waals surface area (Å²) in [6.45, 7) is 7.33.